The molecule has 0 spiro atoms. The average Bonchev–Trinajstić information content (AvgIpc) is 3.06. The van der Waals surface area contributed by atoms with Crippen LogP contribution in [0.5, 0.6) is 5.75 Å². The van der Waals surface area contributed by atoms with Gasteiger partial charge in [0.05, 0.1) is 12.9 Å². The molecule has 1 aromatic heterocycles. The topological polar surface area (TPSA) is 47.3 Å². The Hall–Kier alpha value is -2.59. The third-order valence-corrected chi connectivity index (χ3v) is 3.75. The number of benzene rings is 2. The van der Waals surface area contributed by atoms with Gasteiger partial charge in [-0.15, -0.1) is 0 Å². The monoisotopic (exact) mass is 308 g/mol. The summed E-state index contributed by atoms with van der Waals surface area (Å²) in [5.41, 5.74) is 0.815. The summed E-state index contributed by atoms with van der Waals surface area (Å²) in [6.45, 7) is 2.68. The number of nitrogens with zero attached hydrogens (tertiary/aromatic N) is 2. The summed E-state index contributed by atoms with van der Waals surface area (Å²) < 4.78 is 7.80. The molecule has 0 aliphatic rings. The van der Waals surface area contributed by atoms with Gasteiger partial charge in [0.15, 0.2) is 0 Å². The first-order chi connectivity index (χ1) is 11.1. The molecule has 4 heteroatoms. The van der Waals surface area contributed by atoms with Crippen LogP contribution in [-0.4, -0.2) is 14.7 Å². The largest absolute Gasteiger partial charge is 0.489 e. The van der Waals surface area contributed by atoms with Crippen molar-refractivity contribution in [2.24, 2.45) is 0 Å². The quantitative estimate of drug-likeness (QED) is 0.759. The van der Waals surface area contributed by atoms with Crippen LogP contribution in [0.1, 0.15) is 18.1 Å². The molecule has 3 rings (SSSR count). The van der Waals surface area contributed by atoms with E-state index in [1.54, 1.807) is 19.4 Å². The summed E-state index contributed by atoms with van der Waals surface area (Å²) in [5.74, 6) is 0.696. The van der Waals surface area contributed by atoms with Gasteiger partial charge in [0, 0.05) is 18.0 Å². The molecule has 0 fully saturated rings. The second-order valence-corrected chi connectivity index (χ2v) is 5.78. The molecular formula is C19H20N2O2. The van der Waals surface area contributed by atoms with Crippen molar-refractivity contribution in [1.82, 2.24) is 9.55 Å². The van der Waals surface area contributed by atoms with Crippen LogP contribution in [0.25, 0.3) is 0 Å². The number of aliphatic hydroxyl groups is 1. The van der Waals surface area contributed by atoms with Crippen LogP contribution < -0.4 is 4.74 Å². The van der Waals surface area contributed by atoms with Crippen LogP contribution in [0, 0.1) is 0 Å². The highest BCUT2D eigenvalue weighted by Crippen LogP contribution is 2.31. The van der Waals surface area contributed by atoms with Crippen molar-refractivity contribution in [2.75, 3.05) is 0 Å². The molecule has 2 aromatic carbocycles. The molecule has 0 saturated carbocycles. The van der Waals surface area contributed by atoms with E-state index in [0.717, 1.165) is 11.1 Å². The van der Waals surface area contributed by atoms with Crippen molar-refractivity contribution in [3.63, 3.8) is 0 Å². The minimum atomic E-state index is -1.05. The van der Waals surface area contributed by atoms with Gasteiger partial charge in [-0.1, -0.05) is 48.5 Å². The van der Waals surface area contributed by atoms with Crippen LogP contribution in [0.15, 0.2) is 73.3 Å². The van der Waals surface area contributed by atoms with E-state index in [1.807, 2.05) is 65.4 Å². The first kappa shape index (κ1) is 15.3. The average molecular weight is 308 g/mol. The first-order valence-electron chi connectivity index (χ1n) is 7.59. The van der Waals surface area contributed by atoms with Crippen LogP contribution in [0.3, 0.4) is 0 Å². The lowest BCUT2D eigenvalue weighted by Gasteiger charge is -2.26. The molecule has 23 heavy (non-hydrogen) atoms. The maximum atomic E-state index is 10.9. The van der Waals surface area contributed by atoms with Crippen molar-refractivity contribution in [1.29, 1.82) is 0 Å². The second-order valence-electron chi connectivity index (χ2n) is 5.78. The molecule has 3 aromatic rings. The van der Waals surface area contributed by atoms with E-state index in [-0.39, 0.29) is 0 Å². The van der Waals surface area contributed by atoms with E-state index in [4.69, 9.17) is 4.74 Å². The van der Waals surface area contributed by atoms with E-state index in [1.165, 1.54) is 0 Å². The number of aromatic nitrogens is 2. The van der Waals surface area contributed by atoms with Gasteiger partial charge in [-0.2, -0.15) is 0 Å². The number of hydrogen-bond donors (Lipinski definition) is 1. The predicted molar refractivity (Wildman–Crippen MR) is 89.0 cm³/mol. The van der Waals surface area contributed by atoms with Gasteiger partial charge in [0.25, 0.3) is 0 Å². The number of imidazole rings is 1. The van der Waals surface area contributed by atoms with Gasteiger partial charge < -0.3 is 14.4 Å². The lowest BCUT2D eigenvalue weighted by atomic mass is 9.95. The lowest BCUT2D eigenvalue weighted by molar-refractivity contribution is 0.0350. The smallest absolute Gasteiger partial charge is 0.125 e. The molecule has 1 atom stereocenters. The van der Waals surface area contributed by atoms with E-state index in [0.29, 0.717) is 18.9 Å². The third kappa shape index (κ3) is 3.79. The standard InChI is InChI=1S/C19H20N2O2/c1-19(22,14-21-12-11-20-15-21)17-9-5-6-10-18(17)23-13-16-7-3-2-4-8-16/h2-12,15,22H,13-14H2,1H3. The molecule has 1 unspecified atom stereocenters. The number of ether oxygens (including phenoxy) is 1. The summed E-state index contributed by atoms with van der Waals surface area (Å²) in [5, 5.41) is 10.9. The fourth-order valence-electron chi connectivity index (χ4n) is 2.59. The molecule has 0 aliphatic carbocycles. The van der Waals surface area contributed by atoms with Crippen LogP contribution in [-0.2, 0) is 18.8 Å². The normalized spacial score (nSPS) is 13.5. The summed E-state index contributed by atoms with van der Waals surface area (Å²) in [6.07, 6.45) is 5.23. The summed E-state index contributed by atoms with van der Waals surface area (Å²) in [7, 11) is 0. The third-order valence-electron chi connectivity index (χ3n) is 3.75. The second kappa shape index (κ2) is 6.67. The molecule has 118 valence electrons. The zero-order valence-corrected chi connectivity index (χ0v) is 13.1. The zero-order chi connectivity index (χ0) is 16.1. The molecule has 1 N–H and O–H groups in total. The Kier molecular flexibility index (Phi) is 4.44. The molecule has 1 heterocycles. The minimum Gasteiger partial charge on any atom is -0.489 e. The van der Waals surface area contributed by atoms with Gasteiger partial charge in [0.1, 0.15) is 18.0 Å². The van der Waals surface area contributed by atoms with Crippen molar-refractivity contribution in [3.8, 4) is 5.75 Å². The van der Waals surface area contributed by atoms with Crippen molar-refractivity contribution in [2.45, 2.75) is 25.7 Å². The molecule has 0 radical (unpaired) electrons. The van der Waals surface area contributed by atoms with E-state index < -0.39 is 5.60 Å². The van der Waals surface area contributed by atoms with Gasteiger partial charge in [-0.3, -0.25) is 0 Å². The first-order valence-corrected chi connectivity index (χ1v) is 7.59. The SMILES string of the molecule is CC(O)(Cn1ccnc1)c1ccccc1OCc1ccccc1. The van der Waals surface area contributed by atoms with Crippen LogP contribution in [0.2, 0.25) is 0 Å². The lowest BCUT2D eigenvalue weighted by Crippen LogP contribution is -2.28. The zero-order valence-electron chi connectivity index (χ0n) is 13.1. The minimum absolute atomic E-state index is 0.415. The van der Waals surface area contributed by atoms with Crippen molar-refractivity contribution < 1.29 is 9.84 Å². The Morgan fingerprint density at radius 2 is 1.83 bits per heavy atom. The highest BCUT2D eigenvalue weighted by Gasteiger charge is 2.27. The van der Waals surface area contributed by atoms with E-state index in [9.17, 15) is 5.11 Å². The molecule has 4 nitrogen and oxygen atoms in total. The van der Waals surface area contributed by atoms with E-state index >= 15 is 0 Å². The van der Waals surface area contributed by atoms with Crippen molar-refractivity contribution in [3.05, 3.63) is 84.4 Å². The number of rotatable bonds is 6. The van der Waals surface area contributed by atoms with Crippen molar-refractivity contribution >= 4 is 0 Å². The predicted octanol–water partition coefficient (Wildman–Crippen LogP) is 3.37. The van der Waals surface area contributed by atoms with Gasteiger partial charge in [0.2, 0.25) is 0 Å². The summed E-state index contributed by atoms with van der Waals surface area (Å²) in [6, 6.07) is 17.6. The molecule has 0 bridgehead atoms. The van der Waals surface area contributed by atoms with Gasteiger partial charge in [-0.05, 0) is 18.6 Å². The van der Waals surface area contributed by atoms with Gasteiger partial charge >= 0.3 is 0 Å². The molecule has 0 amide bonds. The molecular weight excluding hydrogens is 288 g/mol. The Bertz CT molecular complexity index is 737. The molecule has 0 aliphatic heterocycles. The van der Waals surface area contributed by atoms with Gasteiger partial charge in [-0.25, -0.2) is 4.98 Å². The van der Waals surface area contributed by atoms with E-state index in [2.05, 4.69) is 4.98 Å². The Morgan fingerprint density at radius 3 is 2.57 bits per heavy atom. The Balaban J connectivity index is 1.79. The Labute approximate surface area is 136 Å². The highest BCUT2D eigenvalue weighted by atomic mass is 16.5. The highest BCUT2D eigenvalue weighted by molar-refractivity contribution is 5.37. The fraction of sp³-hybridized carbons (Fsp3) is 0.211. The maximum absolute atomic E-state index is 10.9. The number of para-hydroxylation sites is 1. The summed E-state index contributed by atoms with van der Waals surface area (Å²) in [4.78, 5) is 4.02. The Morgan fingerprint density at radius 1 is 1.09 bits per heavy atom. The van der Waals surface area contributed by atoms with Crippen LogP contribution in [0.4, 0.5) is 0 Å². The molecule has 0 saturated heterocycles. The van der Waals surface area contributed by atoms with Crippen LogP contribution >= 0.6 is 0 Å². The fourth-order valence-corrected chi connectivity index (χ4v) is 2.59. The number of hydrogen-bond acceptors (Lipinski definition) is 3. The maximum Gasteiger partial charge on any atom is 0.125 e. The summed E-state index contributed by atoms with van der Waals surface area (Å²) >= 11 is 0.